The molecule has 0 N–H and O–H groups in total. The number of hydrogen-bond donors (Lipinski definition) is 0. The summed E-state index contributed by atoms with van der Waals surface area (Å²) in [5.41, 5.74) is 1.66. The number of unbranched alkanes of at least 4 members (excludes halogenated alkanes) is 4. The van der Waals surface area contributed by atoms with E-state index < -0.39 is 0 Å². The molecule has 19 heavy (non-hydrogen) atoms. The van der Waals surface area contributed by atoms with E-state index in [1.807, 2.05) is 30.9 Å². The van der Waals surface area contributed by atoms with E-state index in [0.717, 1.165) is 24.2 Å². The van der Waals surface area contributed by atoms with Gasteiger partial charge < -0.3 is 4.90 Å². The van der Waals surface area contributed by atoms with Gasteiger partial charge in [-0.25, -0.2) is 0 Å². The normalized spacial score (nSPS) is 16.6. The Morgan fingerprint density at radius 2 is 1.95 bits per heavy atom. The topological polar surface area (TPSA) is 32.7 Å². The third-order valence-electron chi connectivity index (χ3n) is 3.32. The second-order valence-electron chi connectivity index (χ2n) is 4.89. The number of allylic oxidation sites excluding steroid dienone is 1. The maximum absolute atomic E-state index is 12.2. The largest absolute Gasteiger partial charge is 0.333 e. The Morgan fingerprint density at radius 3 is 2.58 bits per heavy atom. The minimum Gasteiger partial charge on any atom is -0.333 e. The van der Waals surface area contributed by atoms with Crippen LogP contribution in [-0.4, -0.2) is 30.1 Å². The SMILES string of the molecule is CC=NC1=C(/C=C\C)C(=O)N(CCCCCCC)C1. The molecule has 1 aliphatic heterocycles. The quantitative estimate of drug-likeness (QED) is 0.484. The summed E-state index contributed by atoms with van der Waals surface area (Å²) >= 11 is 0. The van der Waals surface area contributed by atoms with Gasteiger partial charge in [-0.05, 0) is 20.3 Å². The lowest BCUT2D eigenvalue weighted by Crippen LogP contribution is -2.28. The Morgan fingerprint density at radius 1 is 1.21 bits per heavy atom. The summed E-state index contributed by atoms with van der Waals surface area (Å²) in [6, 6.07) is 0. The Labute approximate surface area is 117 Å². The smallest absolute Gasteiger partial charge is 0.256 e. The van der Waals surface area contributed by atoms with Crippen LogP contribution < -0.4 is 0 Å². The fourth-order valence-corrected chi connectivity index (χ4v) is 2.32. The van der Waals surface area contributed by atoms with Crippen LogP contribution in [0.2, 0.25) is 0 Å². The first kappa shape index (κ1) is 15.7. The van der Waals surface area contributed by atoms with Gasteiger partial charge in [-0.2, -0.15) is 0 Å². The van der Waals surface area contributed by atoms with Crippen LogP contribution in [0, 0.1) is 0 Å². The molecule has 1 aliphatic rings. The van der Waals surface area contributed by atoms with Crippen molar-refractivity contribution in [2.75, 3.05) is 13.1 Å². The molecule has 0 aromatic carbocycles. The zero-order chi connectivity index (χ0) is 14.1. The van der Waals surface area contributed by atoms with Crippen LogP contribution in [0.1, 0.15) is 52.9 Å². The first-order valence-corrected chi connectivity index (χ1v) is 7.38. The van der Waals surface area contributed by atoms with Gasteiger partial charge in [-0.1, -0.05) is 44.8 Å². The maximum atomic E-state index is 12.2. The molecule has 0 atom stereocenters. The highest BCUT2D eigenvalue weighted by molar-refractivity contribution is 5.99. The molecule has 1 amide bonds. The van der Waals surface area contributed by atoms with Gasteiger partial charge in [0, 0.05) is 12.8 Å². The molecule has 0 unspecified atom stereocenters. The lowest BCUT2D eigenvalue weighted by molar-refractivity contribution is -0.125. The van der Waals surface area contributed by atoms with Crippen molar-refractivity contribution in [3.63, 3.8) is 0 Å². The monoisotopic (exact) mass is 262 g/mol. The molecule has 3 nitrogen and oxygen atoms in total. The van der Waals surface area contributed by atoms with Gasteiger partial charge in [0.2, 0.25) is 0 Å². The Balaban J connectivity index is 2.50. The standard InChI is InChI=1S/C16H26N2O/c1-4-7-8-9-10-12-18-13-15(17-6-3)14(11-5-2)16(18)19/h5-6,11H,4,7-10,12-13H2,1-3H3/b11-5-,17-6?. The Bertz CT molecular complexity index is 380. The fourth-order valence-electron chi connectivity index (χ4n) is 2.32. The maximum Gasteiger partial charge on any atom is 0.256 e. The van der Waals surface area contributed by atoms with Gasteiger partial charge >= 0.3 is 0 Å². The molecule has 0 aromatic heterocycles. The average Bonchev–Trinajstić information content (AvgIpc) is 2.68. The summed E-state index contributed by atoms with van der Waals surface area (Å²) in [6.45, 7) is 7.55. The van der Waals surface area contributed by atoms with Crippen molar-refractivity contribution in [3.8, 4) is 0 Å². The lowest BCUT2D eigenvalue weighted by atomic mass is 10.1. The van der Waals surface area contributed by atoms with E-state index in [0.29, 0.717) is 6.54 Å². The summed E-state index contributed by atoms with van der Waals surface area (Å²) in [6.07, 6.45) is 11.7. The summed E-state index contributed by atoms with van der Waals surface area (Å²) < 4.78 is 0. The number of amides is 1. The number of nitrogens with zero attached hydrogens (tertiary/aromatic N) is 2. The number of carbonyl (C=O) groups excluding carboxylic acids is 1. The molecule has 106 valence electrons. The Kier molecular flexibility index (Phi) is 7.16. The summed E-state index contributed by atoms with van der Waals surface area (Å²) in [4.78, 5) is 18.5. The second-order valence-corrected chi connectivity index (χ2v) is 4.89. The first-order valence-electron chi connectivity index (χ1n) is 7.38. The van der Waals surface area contributed by atoms with Gasteiger partial charge in [-0.15, -0.1) is 0 Å². The molecule has 1 rings (SSSR count). The van der Waals surface area contributed by atoms with Crippen LogP contribution in [0.3, 0.4) is 0 Å². The molecule has 0 bridgehead atoms. The highest BCUT2D eigenvalue weighted by atomic mass is 16.2. The lowest BCUT2D eigenvalue weighted by Gasteiger charge is -2.15. The predicted molar refractivity (Wildman–Crippen MR) is 81.3 cm³/mol. The van der Waals surface area contributed by atoms with Gasteiger partial charge in [0.25, 0.3) is 5.91 Å². The van der Waals surface area contributed by atoms with Crippen LogP contribution in [0.25, 0.3) is 0 Å². The van der Waals surface area contributed by atoms with Crippen LogP contribution in [0.5, 0.6) is 0 Å². The van der Waals surface area contributed by atoms with E-state index >= 15 is 0 Å². The van der Waals surface area contributed by atoms with Crippen LogP contribution in [0.4, 0.5) is 0 Å². The molecule has 0 saturated heterocycles. The van der Waals surface area contributed by atoms with Crippen molar-refractivity contribution in [1.29, 1.82) is 0 Å². The van der Waals surface area contributed by atoms with Crippen molar-refractivity contribution in [2.45, 2.75) is 52.9 Å². The fraction of sp³-hybridized carbons (Fsp3) is 0.625. The highest BCUT2D eigenvalue weighted by Crippen LogP contribution is 2.22. The molecular weight excluding hydrogens is 236 g/mol. The Hall–Kier alpha value is -1.38. The van der Waals surface area contributed by atoms with Crippen molar-refractivity contribution in [1.82, 2.24) is 4.90 Å². The van der Waals surface area contributed by atoms with Gasteiger partial charge in [0.1, 0.15) is 0 Å². The van der Waals surface area contributed by atoms with E-state index in [1.54, 1.807) is 6.21 Å². The number of hydrogen-bond acceptors (Lipinski definition) is 2. The molecule has 1 heterocycles. The van der Waals surface area contributed by atoms with E-state index in [2.05, 4.69) is 11.9 Å². The van der Waals surface area contributed by atoms with Crippen LogP contribution in [0.15, 0.2) is 28.4 Å². The molecule has 0 fully saturated rings. The third-order valence-corrected chi connectivity index (χ3v) is 3.32. The number of rotatable bonds is 8. The van der Waals surface area contributed by atoms with E-state index in [-0.39, 0.29) is 5.91 Å². The molecule has 0 aliphatic carbocycles. The highest BCUT2D eigenvalue weighted by Gasteiger charge is 2.27. The van der Waals surface area contributed by atoms with E-state index in [9.17, 15) is 4.79 Å². The molecule has 0 spiro atoms. The van der Waals surface area contributed by atoms with Gasteiger partial charge in [0.05, 0.1) is 17.8 Å². The summed E-state index contributed by atoms with van der Waals surface area (Å²) in [5.74, 6) is 0.134. The average molecular weight is 262 g/mol. The van der Waals surface area contributed by atoms with Crippen molar-refractivity contribution >= 4 is 12.1 Å². The first-order chi connectivity index (χ1) is 9.24. The molecule has 3 heteroatoms. The third kappa shape index (κ3) is 4.66. The molecular formula is C16H26N2O. The molecule has 0 aromatic rings. The minimum atomic E-state index is 0.134. The second kappa shape index (κ2) is 8.68. The molecule has 0 radical (unpaired) electrons. The minimum absolute atomic E-state index is 0.134. The number of aliphatic imine (C=N–C) groups is 1. The summed E-state index contributed by atoms with van der Waals surface area (Å²) in [5, 5.41) is 0. The van der Waals surface area contributed by atoms with Crippen molar-refractivity contribution in [2.24, 2.45) is 4.99 Å². The number of carbonyl (C=O) groups is 1. The predicted octanol–water partition coefficient (Wildman–Crippen LogP) is 3.72. The van der Waals surface area contributed by atoms with E-state index in [1.165, 1.54) is 25.7 Å². The zero-order valence-electron chi connectivity index (χ0n) is 12.5. The van der Waals surface area contributed by atoms with E-state index in [4.69, 9.17) is 0 Å². The summed E-state index contributed by atoms with van der Waals surface area (Å²) in [7, 11) is 0. The van der Waals surface area contributed by atoms with Crippen LogP contribution in [-0.2, 0) is 4.79 Å². The van der Waals surface area contributed by atoms with Crippen molar-refractivity contribution < 1.29 is 4.79 Å². The van der Waals surface area contributed by atoms with Gasteiger partial charge in [-0.3, -0.25) is 9.79 Å². The van der Waals surface area contributed by atoms with Crippen molar-refractivity contribution in [3.05, 3.63) is 23.4 Å². The molecule has 0 saturated carbocycles. The zero-order valence-corrected chi connectivity index (χ0v) is 12.5. The van der Waals surface area contributed by atoms with Crippen LogP contribution >= 0.6 is 0 Å². The van der Waals surface area contributed by atoms with Gasteiger partial charge in [0.15, 0.2) is 0 Å².